The van der Waals surface area contributed by atoms with Crippen molar-refractivity contribution in [3.63, 3.8) is 0 Å². The summed E-state index contributed by atoms with van der Waals surface area (Å²) in [7, 11) is 3.41. The van der Waals surface area contributed by atoms with E-state index in [1.165, 1.54) is 0 Å². The zero-order chi connectivity index (χ0) is 15.4. The summed E-state index contributed by atoms with van der Waals surface area (Å²) < 4.78 is 5.20. The van der Waals surface area contributed by atoms with Crippen molar-refractivity contribution in [2.75, 3.05) is 19.9 Å². The number of carbonyl (C=O) groups is 1. The first-order chi connectivity index (χ1) is 10.0. The summed E-state index contributed by atoms with van der Waals surface area (Å²) in [6, 6.07) is 13.1. The molecule has 0 saturated carbocycles. The van der Waals surface area contributed by atoms with Crippen molar-refractivity contribution >= 4 is 11.6 Å². The first-order valence-electron chi connectivity index (χ1n) is 6.76. The van der Waals surface area contributed by atoms with E-state index in [9.17, 15) is 4.79 Å². The van der Waals surface area contributed by atoms with Crippen LogP contribution in [0.1, 0.15) is 21.5 Å². The molecule has 2 rings (SSSR count). The second kappa shape index (κ2) is 6.31. The number of rotatable bonds is 4. The Morgan fingerprint density at radius 2 is 1.95 bits per heavy atom. The summed E-state index contributed by atoms with van der Waals surface area (Å²) in [6.45, 7) is 2.38. The van der Waals surface area contributed by atoms with Crippen molar-refractivity contribution in [1.29, 1.82) is 0 Å². The highest BCUT2D eigenvalue weighted by atomic mass is 16.5. The summed E-state index contributed by atoms with van der Waals surface area (Å²) in [5.74, 6) is 0.746. The number of hydrogen-bond donors (Lipinski definition) is 1. The maximum absolute atomic E-state index is 12.5. The molecule has 2 N–H and O–H groups in total. The predicted octanol–water partition coefficient (Wildman–Crippen LogP) is 2.86. The van der Waals surface area contributed by atoms with Gasteiger partial charge in [0.2, 0.25) is 0 Å². The Hall–Kier alpha value is -2.49. The number of hydrogen-bond acceptors (Lipinski definition) is 3. The topological polar surface area (TPSA) is 55.6 Å². The Morgan fingerprint density at radius 3 is 2.67 bits per heavy atom. The molecule has 4 nitrogen and oxygen atoms in total. The van der Waals surface area contributed by atoms with Gasteiger partial charge in [0, 0.05) is 24.8 Å². The third-order valence-electron chi connectivity index (χ3n) is 3.51. The molecule has 0 aliphatic rings. The third-order valence-corrected chi connectivity index (χ3v) is 3.51. The van der Waals surface area contributed by atoms with E-state index in [-0.39, 0.29) is 5.91 Å². The molecule has 0 atom stereocenters. The van der Waals surface area contributed by atoms with E-state index in [1.807, 2.05) is 31.2 Å². The number of nitrogen functional groups attached to an aromatic ring is 1. The molecule has 0 heterocycles. The molecule has 0 spiro atoms. The van der Waals surface area contributed by atoms with E-state index in [2.05, 4.69) is 0 Å². The Kier molecular flexibility index (Phi) is 4.48. The largest absolute Gasteiger partial charge is 0.497 e. The van der Waals surface area contributed by atoms with Crippen molar-refractivity contribution in [2.45, 2.75) is 13.5 Å². The van der Waals surface area contributed by atoms with Gasteiger partial charge < -0.3 is 15.4 Å². The van der Waals surface area contributed by atoms with Crippen molar-refractivity contribution < 1.29 is 9.53 Å². The van der Waals surface area contributed by atoms with Crippen molar-refractivity contribution in [1.82, 2.24) is 4.90 Å². The first kappa shape index (κ1) is 14.9. The number of amides is 1. The smallest absolute Gasteiger partial charge is 0.254 e. The molecule has 0 fully saturated rings. The molecule has 0 bridgehead atoms. The molecule has 0 aliphatic heterocycles. The molecule has 0 aliphatic carbocycles. The molecule has 0 saturated heterocycles. The number of nitrogens with zero attached hydrogens (tertiary/aromatic N) is 1. The number of nitrogens with two attached hydrogens (primary N) is 1. The minimum absolute atomic E-state index is 0.0392. The number of methoxy groups -OCH3 is 1. The standard InChI is InChI=1S/C17H20N2O2/c1-12-15(8-5-9-16(12)18)17(20)19(2)11-13-6-4-7-14(10-13)21-3/h4-10H,11,18H2,1-3H3. The number of anilines is 1. The molecular formula is C17H20N2O2. The lowest BCUT2D eigenvalue weighted by Gasteiger charge is -2.19. The lowest BCUT2D eigenvalue weighted by Crippen LogP contribution is -2.27. The van der Waals surface area contributed by atoms with Crippen LogP contribution in [0.15, 0.2) is 42.5 Å². The quantitative estimate of drug-likeness (QED) is 0.878. The average molecular weight is 284 g/mol. The van der Waals surface area contributed by atoms with Gasteiger partial charge in [0.15, 0.2) is 0 Å². The predicted molar refractivity (Wildman–Crippen MR) is 84.4 cm³/mol. The van der Waals surface area contributed by atoms with E-state index < -0.39 is 0 Å². The molecule has 21 heavy (non-hydrogen) atoms. The van der Waals surface area contributed by atoms with Gasteiger partial charge in [-0.2, -0.15) is 0 Å². The molecular weight excluding hydrogens is 264 g/mol. The van der Waals surface area contributed by atoms with Crippen LogP contribution < -0.4 is 10.5 Å². The van der Waals surface area contributed by atoms with Crippen LogP contribution in [0, 0.1) is 6.92 Å². The van der Waals surface area contributed by atoms with Crippen molar-refractivity contribution in [2.24, 2.45) is 0 Å². The highest BCUT2D eigenvalue weighted by Crippen LogP contribution is 2.19. The van der Waals surface area contributed by atoms with Gasteiger partial charge >= 0.3 is 0 Å². The highest BCUT2D eigenvalue weighted by molar-refractivity contribution is 5.96. The van der Waals surface area contributed by atoms with Gasteiger partial charge in [-0.1, -0.05) is 18.2 Å². The van der Waals surface area contributed by atoms with Crippen molar-refractivity contribution in [3.8, 4) is 5.75 Å². The summed E-state index contributed by atoms with van der Waals surface area (Å²) in [5, 5.41) is 0. The van der Waals surface area contributed by atoms with Crippen LogP contribution in [0.2, 0.25) is 0 Å². The molecule has 1 amide bonds. The molecule has 0 unspecified atom stereocenters. The minimum atomic E-state index is -0.0392. The Bertz CT molecular complexity index is 653. The van der Waals surface area contributed by atoms with Crippen LogP contribution >= 0.6 is 0 Å². The Balaban J connectivity index is 2.17. The van der Waals surface area contributed by atoms with E-state index in [0.717, 1.165) is 16.9 Å². The molecule has 0 radical (unpaired) electrons. The fraction of sp³-hybridized carbons (Fsp3) is 0.235. The van der Waals surface area contributed by atoms with Gasteiger partial charge in [-0.05, 0) is 42.3 Å². The van der Waals surface area contributed by atoms with Gasteiger partial charge in [0.1, 0.15) is 5.75 Å². The van der Waals surface area contributed by atoms with Gasteiger partial charge in [-0.15, -0.1) is 0 Å². The van der Waals surface area contributed by atoms with Crippen LogP contribution in [0.25, 0.3) is 0 Å². The van der Waals surface area contributed by atoms with Gasteiger partial charge in [-0.3, -0.25) is 4.79 Å². The fourth-order valence-corrected chi connectivity index (χ4v) is 2.21. The summed E-state index contributed by atoms with van der Waals surface area (Å²) in [4.78, 5) is 14.2. The lowest BCUT2D eigenvalue weighted by atomic mass is 10.1. The Morgan fingerprint density at radius 1 is 1.24 bits per heavy atom. The SMILES string of the molecule is COc1cccc(CN(C)C(=O)c2cccc(N)c2C)c1. The van der Waals surface area contributed by atoms with E-state index in [4.69, 9.17) is 10.5 Å². The van der Waals surface area contributed by atoms with Gasteiger partial charge in [0.25, 0.3) is 5.91 Å². The number of carbonyl (C=O) groups excluding carboxylic acids is 1. The zero-order valence-corrected chi connectivity index (χ0v) is 12.6. The van der Waals surface area contributed by atoms with Crippen LogP contribution in [-0.4, -0.2) is 25.0 Å². The second-order valence-electron chi connectivity index (χ2n) is 5.03. The molecule has 4 heteroatoms. The van der Waals surface area contributed by atoms with E-state index >= 15 is 0 Å². The van der Waals surface area contributed by atoms with Gasteiger partial charge in [-0.25, -0.2) is 0 Å². The summed E-state index contributed by atoms with van der Waals surface area (Å²) in [6.07, 6.45) is 0. The van der Waals surface area contributed by atoms with Crippen LogP contribution in [0.4, 0.5) is 5.69 Å². The second-order valence-corrected chi connectivity index (χ2v) is 5.03. The Labute approximate surface area is 125 Å². The third kappa shape index (κ3) is 3.34. The van der Waals surface area contributed by atoms with Crippen LogP contribution in [0.5, 0.6) is 5.75 Å². The maximum Gasteiger partial charge on any atom is 0.254 e. The zero-order valence-electron chi connectivity index (χ0n) is 12.6. The van der Waals surface area contributed by atoms with E-state index in [0.29, 0.717) is 17.8 Å². The monoisotopic (exact) mass is 284 g/mol. The lowest BCUT2D eigenvalue weighted by molar-refractivity contribution is 0.0784. The highest BCUT2D eigenvalue weighted by Gasteiger charge is 2.15. The summed E-state index contributed by atoms with van der Waals surface area (Å²) in [5.41, 5.74) is 8.98. The van der Waals surface area contributed by atoms with Crippen LogP contribution in [0.3, 0.4) is 0 Å². The normalized spacial score (nSPS) is 10.2. The average Bonchev–Trinajstić information content (AvgIpc) is 2.49. The first-order valence-corrected chi connectivity index (χ1v) is 6.76. The van der Waals surface area contributed by atoms with E-state index in [1.54, 1.807) is 37.3 Å². The number of benzene rings is 2. The number of ether oxygens (including phenoxy) is 1. The van der Waals surface area contributed by atoms with Gasteiger partial charge in [0.05, 0.1) is 7.11 Å². The minimum Gasteiger partial charge on any atom is -0.497 e. The fourth-order valence-electron chi connectivity index (χ4n) is 2.21. The molecule has 0 aromatic heterocycles. The molecule has 2 aromatic rings. The van der Waals surface area contributed by atoms with Crippen LogP contribution in [-0.2, 0) is 6.54 Å². The van der Waals surface area contributed by atoms with Crippen molar-refractivity contribution in [3.05, 3.63) is 59.2 Å². The molecule has 2 aromatic carbocycles. The molecule has 110 valence electrons. The summed E-state index contributed by atoms with van der Waals surface area (Å²) >= 11 is 0. The maximum atomic E-state index is 12.5.